The number of carbonyl (C=O) groups is 1. The molecule has 0 aromatic rings. The van der Waals surface area contributed by atoms with Gasteiger partial charge in [-0.25, -0.2) is 5.43 Å². The van der Waals surface area contributed by atoms with Crippen molar-refractivity contribution in [2.45, 2.75) is 58.0 Å². The number of carbonyl (C=O) groups excluding carboxylic acids is 1. The maximum absolute atomic E-state index is 11.8. The van der Waals surface area contributed by atoms with E-state index in [0.29, 0.717) is 0 Å². The molecule has 0 radical (unpaired) electrons. The Morgan fingerprint density at radius 3 is 2.76 bits per heavy atom. The van der Waals surface area contributed by atoms with Crippen molar-refractivity contribution in [3.8, 4) is 0 Å². The molecular weight excluding hydrogens is 216 g/mol. The molecule has 2 N–H and O–H groups in total. The molecule has 0 bridgehead atoms. The summed E-state index contributed by atoms with van der Waals surface area (Å²) >= 11 is 0. The van der Waals surface area contributed by atoms with Gasteiger partial charge in [-0.3, -0.25) is 4.79 Å². The fraction of sp³-hybridized carbons (Fsp3) is 0.846. The van der Waals surface area contributed by atoms with E-state index in [9.17, 15) is 9.90 Å². The van der Waals surface area contributed by atoms with E-state index in [2.05, 4.69) is 17.5 Å². The van der Waals surface area contributed by atoms with Crippen LogP contribution in [0.1, 0.15) is 51.9 Å². The number of aliphatic hydroxyl groups is 1. The molecule has 1 aliphatic heterocycles. The predicted octanol–water partition coefficient (Wildman–Crippen LogP) is 1.83. The van der Waals surface area contributed by atoms with Gasteiger partial charge in [-0.05, 0) is 37.5 Å². The second-order valence-corrected chi connectivity index (χ2v) is 5.43. The standard InChI is InChI=1S/C13H22N2O2/c1-2-3-6-13(7-4-10(16)5-8-13)11-9-14-15-12(11)17/h9-11,16H,2-8H2,1H3,(H,15,17). The van der Waals surface area contributed by atoms with E-state index in [-0.39, 0.29) is 23.3 Å². The minimum Gasteiger partial charge on any atom is -0.393 e. The Kier molecular flexibility index (Phi) is 3.82. The largest absolute Gasteiger partial charge is 0.393 e. The first-order valence-electron chi connectivity index (χ1n) is 6.69. The minimum absolute atomic E-state index is 0.0393. The summed E-state index contributed by atoms with van der Waals surface area (Å²) in [5.41, 5.74) is 2.59. The molecule has 1 saturated carbocycles. The van der Waals surface area contributed by atoms with Crippen molar-refractivity contribution >= 4 is 12.1 Å². The highest BCUT2D eigenvalue weighted by atomic mass is 16.3. The third-order valence-electron chi connectivity index (χ3n) is 4.32. The normalized spacial score (nSPS) is 37.2. The van der Waals surface area contributed by atoms with E-state index in [1.165, 1.54) is 0 Å². The zero-order valence-electron chi connectivity index (χ0n) is 10.5. The maximum atomic E-state index is 11.8. The summed E-state index contributed by atoms with van der Waals surface area (Å²) in [6.07, 6.45) is 8.49. The van der Waals surface area contributed by atoms with E-state index in [1.807, 2.05) is 0 Å². The molecule has 0 saturated heterocycles. The van der Waals surface area contributed by atoms with Crippen molar-refractivity contribution in [1.82, 2.24) is 5.43 Å². The molecule has 4 nitrogen and oxygen atoms in total. The SMILES string of the molecule is CCCCC1(C2C=NNC2=O)CCC(O)CC1. The zero-order valence-corrected chi connectivity index (χ0v) is 10.5. The van der Waals surface area contributed by atoms with Gasteiger partial charge >= 0.3 is 0 Å². The Bertz CT molecular complexity index is 301. The summed E-state index contributed by atoms with van der Waals surface area (Å²) < 4.78 is 0. The summed E-state index contributed by atoms with van der Waals surface area (Å²) in [5.74, 6) is -0.0426. The smallest absolute Gasteiger partial charge is 0.249 e. The highest BCUT2D eigenvalue weighted by Crippen LogP contribution is 2.46. The highest BCUT2D eigenvalue weighted by molar-refractivity contribution is 5.98. The first-order valence-corrected chi connectivity index (χ1v) is 6.69. The molecule has 1 heterocycles. The lowest BCUT2D eigenvalue weighted by Gasteiger charge is -2.41. The lowest BCUT2D eigenvalue weighted by molar-refractivity contribution is -0.126. The number of rotatable bonds is 4. The molecule has 1 aliphatic carbocycles. The molecule has 4 heteroatoms. The summed E-state index contributed by atoms with van der Waals surface area (Å²) in [4.78, 5) is 11.8. The van der Waals surface area contributed by atoms with Crippen LogP contribution < -0.4 is 5.43 Å². The Morgan fingerprint density at radius 2 is 2.24 bits per heavy atom. The van der Waals surface area contributed by atoms with Crippen LogP contribution in [0, 0.1) is 11.3 Å². The molecule has 1 amide bonds. The van der Waals surface area contributed by atoms with Gasteiger partial charge in [0.25, 0.3) is 0 Å². The fourth-order valence-electron chi connectivity index (χ4n) is 3.17. The fourth-order valence-corrected chi connectivity index (χ4v) is 3.17. The van der Waals surface area contributed by atoms with Gasteiger partial charge in [0.05, 0.1) is 12.0 Å². The van der Waals surface area contributed by atoms with Crippen molar-refractivity contribution in [2.24, 2.45) is 16.4 Å². The van der Waals surface area contributed by atoms with Crippen molar-refractivity contribution in [1.29, 1.82) is 0 Å². The molecule has 17 heavy (non-hydrogen) atoms. The molecule has 1 fully saturated rings. The van der Waals surface area contributed by atoms with Crippen molar-refractivity contribution in [3.63, 3.8) is 0 Å². The van der Waals surface area contributed by atoms with Gasteiger partial charge in [-0.1, -0.05) is 19.8 Å². The van der Waals surface area contributed by atoms with E-state index < -0.39 is 0 Å². The van der Waals surface area contributed by atoms with Gasteiger partial charge in [0.15, 0.2) is 0 Å². The van der Waals surface area contributed by atoms with Gasteiger partial charge in [-0.2, -0.15) is 5.10 Å². The second kappa shape index (κ2) is 5.17. The van der Waals surface area contributed by atoms with E-state index in [0.717, 1.165) is 44.9 Å². The van der Waals surface area contributed by atoms with Crippen molar-refractivity contribution < 1.29 is 9.90 Å². The highest BCUT2D eigenvalue weighted by Gasteiger charge is 2.45. The van der Waals surface area contributed by atoms with Crippen LogP contribution in [-0.4, -0.2) is 23.3 Å². The number of nitrogens with one attached hydrogen (secondary N) is 1. The van der Waals surface area contributed by atoms with Crippen LogP contribution in [0.15, 0.2) is 5.10 Å². The monoisotopic (exact) mass is 238 g/mol. The van der Waals surface area contributed by atoms with Gasteiger partial charge in [0.2, 0.25) is 5.91 Å². The third kappa shape index (κ3) is 2.51. The van der Waals surface area contributed by atoms with E-state index >= 15 is 0 Å². The molecule has 1 atom stereocenters. The third-order valence-corrected chi connectivity index (χ3v) is 4.32. The average Bonchev–Trinajstić information content (AvgIpc) is 2.76. The number of hydrazone groups is 1. The molecule has 96 valence electrons. The summed E-state index contributed by atoms with van der Waals surface area (Å²) in [5, 5.41) is 13.5. The second-order valence-electron chi connectivity index (χ2n) is 5.43. The van der Waals surface area contributed by atoms with Crippen LogP contribution in [0.3, 0.4) is 0 Å². The van der Waals surface area contributed by atoms with Gasteiger partial charge in [0, 0.05) is 6.21 Å². The molecule has 2 aliphatic rings. The van der Waals surface area contributed by atoms with Crippen LogP contribution in [-0.2, 0) is 4.79 Å². The minimum atomic E-state index is -0.175. The van der Waals surface area contributed by atoms with Crippen LogP contribution in [0.25, 0.3) is 0 Å². The van der Waals surface area contributed by atoms with E-state index in [4.69, 9.17) is 0 Å². The summed E-state index contributed by atoms with van der Waals surface area (Å²) in [7, 11) is 0. The summed E-state index contributed by atoms with van der Waals surface area (Å²) in [6, 6.07) is 0. The maximum Gasteiger partial charge on any atom is 0.249 e. The molecule has 0 aromatic heterocycles. The molecule has 2 rings (SSSR count). The van der Waals surface area contributed by atoms with E-state index in [1.54, 1.807) is 6.21 Å². The van der Waals surface area contributed by atoms with Crippen LogP contribution in [0.2, 0.25) is 0 Å². The summed E-state index contributed by atoms with van der Waals surface area (Å²) in [6.45, 7) is 2.17. The number of hydrogen-bond acceptors (Lipinski definition) is 3. The Balaban J connectivity index is 2.12. The van der Waals surface area contributed by atoms with Gasteiger partial charge in [0.1, 0.15) is 0 Å². The Morgan fingerprint density at radius 1 is 1.53 bits per heavy atom. The van der Waals surface area contributed by atoms with Crippen molar-refractivity contribution in [2.75, 3.05) is 0 Å². The van der Waals surface area contributed by atoms with Crippen molar-refractivity contribution in [3.05, 3.63) is 0 Å². The number of hydrogen-bond donors (Lipinski definition) is 2. The van der Waals surface area contributed by atoms with Gasteiger partial charge < -0.3 is 5.11 Å². The number of nitrogens with zero attached hydrogens (tertiary/aromatic N) is 1. The number of unbranched alkanes of at least 4 members (excludes halogenated alkanes) is 1. The van der Waals surface area contributed by atoms with Gasteiger partial charge in [-0.15, -0.1) is 0 Å². The molecule has 0 aromatic carbocycles. The van der Waals surface area contributed by atoms with Crippen LogP contribution in [0.5, 0.6) is 0 Å². The quantitative estimate of drug-likeness (QED) is 0.785. The lowest BCUT2D eigenvalue weighted by atomic mass is 9.63. The first-order chi connectivity index (χ1) is 8.18. The molecular formula is C13H22N2O2. The topological polar surface area (TPSA) is 61.7 Å². The molecule has 1 unspecified atom stereocenters. The predicted molar refractivity (Wildman–Crippen MR) is 66.6 cm³/mol. The lowest BCUT2D eigenvalue weighted by Crippen LogP contribution is -2.41. The van der Waals surface area contributed by atoms with Crippen LogP contribution in [0.4, 0.5) is 0 Å². The Hall–Kier alpha value is -0.900. The number of aliphatic hydroxyl groups excluding tert-OH is 1. The first kappa shape index (κ1) is 12.6. The van der Waals surface area contributed by atoms with Crippen LogP contribution >= 0.6 is 0 Å². The molecule has 0 spiro atoms. The Labute approximate surface area is 102 Å². The zero-order chi connectivity index (χ0) is 12.3. The average molecular weight is 238 g/mol. The number of amides is 1.